The lowest BCUT2D eigenvalue weighted by Crippen LogP contribution is -2.64. The third-order valence-corrected chi connectivity index (χ3v) is 13.8. The highest BCUT2D eigenvalue weighted by molar-refractivity contribution is 7.47. The van der Waals surface area contributed by atoms with Crippen molar-refractivity contribution in [2.75, 3.05) is 13.2 Å². The molecule has 0 heterocycles. The van der Waals surface area contributed by atoms with Crippen molar-refractivity contribution in [3.63, 3.8) is 0 Å². The molecule has 0 aromatic carbocycles. The molecule has 0 amide bonds. The number of hydrogen-bond acceptors (Lipinski definition) is 12. The number of phosphoric acid groups is 1. The van der Waals surface area contributed by atoms with Crippen LogP contribution in [-0.4, -0.2) is 98.3 Å². The van der Waals surface area contributed by atoms with E-state index in [2.05, 4.69) is 26.0 Å². The first-order valence-electron chi connectivity index (χ1n) is 27.0. The minimum atomic E-state index is -5.12. The highest BCUT2D eigenvalue weighted by Crippen LogP contribution is 2.47. The predicted molar refractivity (Wildman–Crippen MR) is 263 cm³/mol. The number of unbranched alkanes of at least 4 members (excludes halogenated alkanes) is 32. The molecular formula is C52H99O13P. The molecule has 1 rings (SSSR count). The quantitative estimate of drug-likeness (QED) is 0.0145. The Labute approximate surface area is 401 Å². The van der Waals surface area contributed by atoms with Gasteiger partial charge in [-0.2, -0.15) is 0 Å². The molecule has 8 atom stereocenters. The van der Waals surface area contributed by atoms with Crippen molar-refractivity contribution in [2.45, 2.75) is 294 Å². The molecule has 0 bridgehead atoms. The van der Waals surface area contributed by atoms with E-state index in [9.17, 15) is 44.6 Å². The summed E-state index contributed by atoms with van der Waals surface area (Å²) in [6.07, 6.45) is 34.0. The van der Waals surface area contributed by atoms with Crippen LogP contribution in [0.25, 0.3) is 0 Å². The van der Waals surface area contributed by atoms with Crippen LogP contribution in [0.1, 0.15) is 251 Å². The van der Waals surface area contributed by atoms with Gasteiger partial charge in [-0.3, -0.25) is 18.6 Å². The van der Waals surface area contributed by atoms with Crippen LogP contribution in [0.5, 0.6) is 0 Å². The maximum Gasteiger partial charge on any atom is 0.472 e. The molecule has 6 unspecified atom stereocenters. The maximum atomic E-state index is 12.9. The Morgan fingerprint density at radius 3 is 1.15 bits per heavy atom. The fourth-order valence-corrected chi connectivity index (χ4v) is 9.49. The van der Waals surface area contributed by atoms with Gasteiger partial charge in [-0.15, -0.1) is 0 Å². The monoisotopic (exact) mass is 963 g/mol. The first kappa shape index (κ1) is 62.6. The highest BCUT2D eigenvalue weighted by atomic mass is 31.2. The lowest BCUT2D eigenvalue weighted by atomic mass is 9.85. The number of rotatable bonds is 46. The average molecular weight is 963 g/mol. The van der Waals surface area contributed by atoms with Crippen molar-refractivity contribution in [3.05, 3.63) is 12.2 Å². The van der Waals surface area contributed by atoms with Gasteiger partial charge in [0, 0.05) is 12.8 Å². The molecule has 1 fully saturated rings. The van der Waals surface area contributed by atoms with Gasteiger partial charge in [-0.05, 0) is 38.5 Å². The molecule has 1 aliphatic rings. The molecule has 0 aromatic rings. The topological polar surface area (TPSA) is 210 Å². The van der Waals surface area contributed by atoms with Gasteiger partial charge < -0.3 is 39.9 Å². The number of hydrogen-bond donors (Lipinski definition) is 6. The number of carbonyl (C=O) groups excluding carboxylic acids is 2. The zero-order valence-electron chi connectivity index (χ0n) is 41.8. The molecule has 0 radical (unpaired) electrons. The zero-order valence-corrected chi connectivity index (χ0v) is 42.7. The van der Waals surface area contributed by atoms with E-state index in [1.54, 1.807) is 0 Å². The first-order chi connectivity index (χ1) is 31.9. The Morgan fingerprint density at radius 1 is 0.455 bits per heavy atom. The van der Waals surface area contributed by atoms with Crippen molar-refractivity contribution in [3.8, 4) is 0 Å². The molecule has 1 aliphatic carbocycles. The minimum Gasteiger partial charge on any atom is -0.462 e. The number of ether oxygens (including phenoxy) is 2. The Bertz CT molecular complexity index is 1200. The Kier molecular flexibility index (Phi) is 40.3. The van der Waals surface area contributed by atoms with Crippen molar-refractivity contribution in [2.24, 2.45) is 0 Å². The van der Waals surface area contributed by atoms with Crippen LogP contribution in [0.2, 0.25) is 0 Å². The number of phosphoric ester groups is 1. The molecule has 0 saturated heterocycles. The van der Waals surface area contributed by atoms with E-state index in [0.29, 0.717) is 12.8 Å². The van der Waals surface area contributed by atoms with Crippen LogP contribution in [0.15, 0.2) is 12.2 Å². The highest BCUT2D eigenvalue weighted by Gasteiger charge is 2.51. The molecular weight excluding hydrogens is 864 g/mol. The SMILES string of the molecule is CCCCCCCC/C=C/CCCCCCCCCCCC(=O)OC[C@@H](COP(=O)(O)OC1C(O)C(O)C(O)[C@H](O)C1O)OC(=O)CCCCCCCCCCCCCCCCCCCC. The predicted octanol–water partition coefficient (Wildman–Crippen LogP) is 11.8. The lowest BCUT2D eigenvalue weighted by molar-refractivity contribution is -0.220. The van der Waals surface area contributed by atoms with Gasteiger partial charge in [0.25, 0.3) is 0 Å². The summed E-state index contributed by atoms with van der Waals surface area (Å²) in [5.41, 5.74) is 0. The summed E-state index contributed by atoms with van der Waals surface area (Å²) < 4.78 is 33.7. The fraction of sp³-hybridized carbons (Fsp3) is 0.923. The molecule has 6 N–H and O–H groups in total. The number of carbonyl (C=O) groups is 2. The van der Waals surface area contributed by atoms with Crippen molar-refractivity contribution < 1.29 is 63.1 Å². The fourth-order valence-electron chi connectivity index (χ4n) is 8.52. The molecule has 1 saturated carbocycles. The summed E-state index contributed by atoms with van der Waals surface area (Å²) in [5.74, 6) is -1.09. The Balaban J connectivity index is 2.36. The van der Waals surface area contributed by atoms with Crippen molar-refractivity contribution in [1.82, 2.24) is 0 Å². The number of aliphatic hydroxyl groups is 5. The largest absolute Gasteiger partial charge is 0.472 e. The van der Waals surface area contributed by atoms with Crippen molar-refractivity contribution in [1.29, 1.82) is 0 Å². The summed E-state index contributed by atoms with van der Waals surface area (Å²) >= 11 is 0. The summed E-state index contributed by atoms with van der Waals surface area (Å²) in [6, 6.07) is 0. The Hall–Kier alpha value is -1.41. The summed E-state index contributed by atoms with van der Waals surface area (Å²) in [5, 5.41) is 50.3. The third kappa shape index (κ3) is 34.0. The van der Waals surface area contributed by atoms with Crippen LogP contribution < -0.4 is 0 Å². The third-order valence-electron chi connectivity index (χ3n) is 12.9. The molecule has 66 heavy (non-hydrogen) atoms. The molecule has 0 spiro atoms. The van der Waals surface area contributed by atoms with Gasteiger partial charge in [0.05, 0.1) is 6.61 Å². The van der Waals surface area contributed by atoms with E-state index in [1.165, 1.54) is 173 Å². The van der Waals surface area contributed by atoms with Crippen LogP contribution in [0.4, 0.5) is 0 Å². The number of aliphatic hydroxyl groups excluding tert-OH is 5. The van der Waals surface area contributed by atoms with Gasteiger partial charge >= 0.3 is 19.8 Å². The van der Waals surface area contributed by atoms with E-state index < -0.39 is 75.7 Å². The van der Waals surface area contributed by atoms with Crippen LogP contribution >= 0.6 is 7.82 Å². The van der Waals surface area contributed by atoms with E-state index in [4.69, 9.17) is 18.5 Å². The molecule has 390 valence electrons. The second-order valence-corrected chi connectivity index (χ2v) is 20.5. The van der Waals surface area contributed by atoms with Crippen molar-refractivity contribution >= 4 is 19.8 Å². The normalized spacial score (nSPS) is 21.3. The Morgan fingerprint density at radius 2 is 0.773 bits per heavy atom. The van der Waals surface area contributed by atoms with Crippen LogP contribution in [-0.2, 0) is 32.7 Å². The van der Waals surface area contributed by atoms with E-state index in [0.717, 1.165) is 38.5 Å². The first-order valence-corrected chi connectivity index (χ1v) is 28.5. The molecule has 14 heteroatoms. The van der Waals surface area contributed by atoms with Crippen LogP contribution in [0, 0.1) is 0 Å². The van der Waals surface area contributed by atoms with Gasteiger partial charge in [0.2, 0.25) is 0 Å². The molecule has 0 aromatic heterocycles. The van der Waals surface area contributed by atoms with Gasteiger partial charge in [0.1, 0.15) is 43.2 Å². The summed E-state index contributed by atoms with van der Waals surface area (Å²) in [7, 11) is -5.12. The second kappa shape index (κ2) is 42.5. The van der Waals surface area contributed by atoms with Gasteiger partial charge in [0.15, 0.2) is 6.10 Å². The maximum absolute atomic E-state index is 12.9. The standard InChI is InChI=1S/C52H99O13P/c1-3-5-7-9-11-13-15-17-19-21-23-25-26-28-30-32-34-36-38-40-45(53)62-42-44(43-63-66(60,61)65-52-50(58)48(56)47(55)49(57)51(52)59)64-46(54)41-39-37-35-33-31-29-27-24-22-20-18-16-14-12-10-8-6-4-2/h17,19,44,47-52,55-59H,3-16,18,20-43H2,1-2H3,(H,60,61)/b19-17+/t44-,47?,48-,49?,50?,51?,52?/m0/s1. The zero-order chi connectivity index (χ0) is 48.5. The molecule has 0 aliphatic heterocycles. The minimum absolute atomic E-state index is 0.103. The number of esters is 2. The van der Waals surface area contributed by atoms with E-state index in [1.807, 2.05) is 0 Å². The summed E-state index contributed by atoms with van der Waals surface area (Å²) in [6.45, 7) is 3.35. The summed E-state index contributed by atoms with van der Waals surface area (Å²) in [4.78, 5) is 35.9. The second-order valence-electron chi connectivity index (χ2n) is 19.1. The average Bonchev–Trinajstić information content (AvgIpc) is 3.30. The molecule has 13 nitrogen and oxygen atoms in total. The lowest BCUT2D eigenvalue weighted by Gasteiger charge is -2.41. The smallest absolute Gasteiger partial charge is 0.462 e. The van der Waals surface area contributed by atoms with Gasteiger partial charge in [-0.25, -0.2) is 4.57 Å². The van der Waals surface area contributed by atoms with E-state index in [-0.39, 0.29) is 12.8 Å². The van der Waals surface area contributed by atoms with Crippen LogP contribution in [0.3, 0.4) is 0 Å². The number of allylic oxidation sites excluding steroid dienone is 2. The van der Waals surface area contributed by atoms with E-state index >= 15 is 0 Å². The van der Waals surface area contributed by atoms with Gasteiger partial charge in [-0.1, -0.05) is 212 Å².